The predicted octanol–water partition coefficient (Wildman–Crippen LogP) is 2.79. The van der Waals surface area contributed by atoms with Gasteiger partial charge in [-0.25, -0.2) is 4.79 Å². The fraction of sp³-hybridized carbons (Fsp3) is 0.500. The predicted molar refractivity (Wildman–Crippen MR) is 83.4 cm³/mol. The molecule has 1 amide bonds. The van der Waals surface area contributed by atoms with Gasteiger partial charge in [-0.1, -0.05) is 20.8 Å². The number of anilines is 1. The maximum atomic E-state index is 12.0. The second-order valence-corrected chi connectivity index (χ2v) is 6.61. The SMILES string of the molecule is Cc1cc(C(=O)O)ccc1NC(=O)CC(N)CC(C)(C)C. The van der Waals surface area contributed by atoms with E-state index in [1.807, 2.05) is 0 Å². The van der Waals surface area contributed by atoms with Gasteiger partial charge in [0, 0.05) is 18.2 Å². The monoisotopic (exact) mass is 292 g/mol. The smallest absolute Gasteiger partial charge is 0.335 e. The number of rotatable bonds is 5. The maximum absolute atomic E-state index is 12.0. The molecule has 0 aliphatic carbocycles. The molecule has 0 spiro atoms. The Balaban J connectivity index is 2.65. The van der Waals surface area contributed by atoms with Crippen LogP contribution < -0.4 is 11.1 Å². The summed E-state index contributed by atoms with van der Waals surface area (Å²) in [4.78, 5) is 22.8. The van der Waals surface area contributed by atoms with Crippen molar-refractivity contribution in [2.75, 3.05) is 5.32 Å². The third-order valence-electron chi connectivity index (χ3n) is 3.07. The molecule has 0 aliphatic heterocycles. The molecule has 1 aromatic rings. The minimum Gasteiger partial charge on any atom is -0.478 e. The number of nitrogens with two attached hydrogens (primary N) is 1. The second kappa shape index (κ2) is 6.72. The summed E-state index contributed by atoms with van der Waals surface area (Å²) < 4.78 is 0. The van der Waals surface area contributed by atoms with E-state index in [-0.39, 0.29) is 29.3 Å². The van der Waals surface area contributed by atoms with Crippen LogP contribution in [0.2, 0.25) is 0 Å². The number of nitrogens with one attached hydrogen (secondary N) is 1. The first-order chi connectivity index (χ1) is 9.58. The summed E-state index contributed by atoms with van der Waals surface area (Å²) in [6.45, 7) is 8.01. The average Bonchev–Trinajstić information content (AvgIpc) is 2.28. The first-order valence-corrected chi connectivity index (χ1v) is 6.98. The molecule has 1 aromatic carbocycles. The molecule has 0 aromatic heterocycles. The highest BCUT2D eigenvalue weighted by molar-refractivity contribution is 5.93. The van der Waals surface area contributed by atoms with Crippen LogP contribution in [0.5, 0.6) is 0 Å². The van der Waals surface area contributed by atoms with Crippen molar-refractivity contribution in [2.45, 2.75) is 46.6 Å². The van der Waals surface area contributed by atoms with Crippen LogP contribution in [0.1, 0.15) is 49.5 Å². The number of carboxylic acids is 1. The van der Waals surface area contributed by atoms with Crippen molar-refractivity contribution in [3.8, 4) is 0 Å². The van der Waals surface area contributed by atoms with Crippen molar-refractivity contribution in [3.05, 3.63) is 29.3 Å². The van der Waals surface area contributed by atoms with Crippen molar-refractivity contribution in [1.29, 1.82) is 0 Å². The van der Waals surface area contributed by atoms with Crippen LogP contribution in [0.4, 0.5) is 5.69 Å². The molecule has 0 radical (unpaired) electrons. The summed E-state index contributed by atoms with van der Waals surface area (Å²) >= 11 is 0. The van der Waals surface area contributed by atoms with Crippen molar-refractivity contribution in [2.24, 2.45) is 11.1 Å². The molecule has 1 unspecified atom stereocenters. The number of aryl methyl sites for hydroxylation is 1. The van der Waals surface area contributed by atoms with E-state index in [9.17, 15) is 9.59 Å². The lowest BCUT2D eigenvalue weighted by Gasteiger charge is -2.22. The first-order valence-electron chi connectivity index (χ1n) is 6.98. The highest BCUT2D eigenvalue weighted by Crippen LogP contribution is 2.22. The highest BCUT2D eigenvalue weighted by Gasteiger charge is 2.18. The number of carbonyl (C=O) groups is 2. The van der Waals surface area contributed by atoms with Gasteiger partial charge < -0.3 is 16.2 Å². The Morgan fingerprint density at radius 2 is 1.95 bits per heavy atom. The molecule has 116 valence electrons. The van der Waals surface area contributed by atoms with Crippen LogP contribution in [-0.2, 0) is 4.79 Å². The Labute approximate surface area is 125 Å². The van der Waals surface area contributed by atoms with E-state index < -0.39 is 5.97 Å². The number of hydrogen-bond donors (Lipinski definition) is 3. The zero-order chi connectivity index (χ0) is 16.2. The van der Waals surface area contributed by atoms with Gasteiger partial charge in [-0.2, -0.15) is 0 Å². The first kappa shape index (κ1) is 17.2. The van der Waals surface area contributed by atoms with Gasteiger partial charge in [0.2, 0.25) is 5.91 Å². The van der Waals surface area contributed by atoms with Crippen molar-refractivity contribution in [3.63, 3.8) is 0 Å². The van der Waals surface area contributed by atoms with Gasteiger partial charge in [0.05, 0.1) is 5.56 Å². The van der Waals surface area contributed by atoms with Crippen molar-refractivity contribution >= 4 is 17.6 Å². The van der Waals surface area contributed by atoms with Crippen molar-refractivity contribution < 1.29 is 14.7 Å². The molecule has 21 heavy (non-hydrogen) atoms. The second-order valence-electron chi connectivity index (χ2n) is 6.61. The number of carbonyl (C=O) groups excluding carboxylic acids is 1. The zero-order valence-corrected chi connectivity index (χ0v) is 13.1. The highest BCUT2D eigenvalue weighted by atomic mass is 16.4. The summed E-state index contributed by atoms with van der Waals surface area (Å²) in [5, 5.41) is 11.7. The van der Waals surface area contributed by atoms with Crippen LogP contribution in [0.3, 0.4) is 0 Å². The van der Waals surface area contributed by atoms with Gasteiger partial charge in [-0.05, 0) is 42.5 Å². The largest absolute Gasteiger partial charge is 0.478 e. The quantitative estimate of drug-likeness (QED) is 0.778. The fourth-order valence-electron chi connectivity index (χ4n) is 2.24. The molecule has 5 heteroatoms. The van der Waals surface area contributed by atoms with E-state index in [2.05, 4.69) is 26.1 Å². The summed E-state index contributed by atoms with van der Waals surface area (Å²) in [6, 6.07) is 4.42. The van der Waals surface area contributed by atoms with Gasteiger partial charge in [0.25, 0.3) is 0 Å². The number of carboxylic acid groups (broad SMARTS) is 1. The van der Waals surface area contributed by atoms with Gasteiger partial charge in [0.15, 0.2) is 0 Å². The number of amides is 1. The summed E-state index contributed by atoms with van der Waals surface area (Å²) in [5.74, 6) is -1.14. The Morgan fingerprint density at radius 1 is 1.33 bits per heavy atom. The topological polar surface area (TPSA) is 92.4 Å². The Kier molecular flexibility index (Phi) is 5.49. The van der Waals surface area contributed by atoms with Crippen LogP contribution in [0.25, 0.3) is 0 Å². The lowest BCUT2D eigenvalue weighted by Crippen LogP contribution is -2.31. The molecule has 0 bridgehead atoms. The molecule has 0 saturated heterocycles. The van der Waals surface area contributed by atoms with Crippen LogP contribution in [0, 0.1) is 12.3 Å². The molecular weight excluding hydrogens is 268 g/mol. The molecule has 1 rings (SSSR count). The van der Waals surface area contributed by atoms with Crippen molar-refractivity contribution in [1.82, 2.24) is 0 Å². The van der Waals surface area contributed by atoms with Gasteiger partial charge >= 0.3 is 5.97 Å². The average molecular weight is 292 g/mol. The third-order valence-corrected chi connectivity index (χ3v) is 3.07. The number of aromatic carboxylic acids is 1. The van der Waals surface area contributed by atoms with E-state index >= 15 is 0 Å². The zero-order valence-electron chi connectivity index (χ0n) is 13.1. The molecule has 0 saturated carbocycles. The van der Waals surface area contributed by atoms with Gasteiger partial charge in [-0.15, -0.1) is 0 Å². The van der Waals surface area contributed by atoms with Crippen LogP contribution >= 0.6 is 0 Å². The van der Waals surface area contributed by atoms with E-state index in [0.29, 0.717) is 11.3 Å². The number of benzene rings is 1. The van der Waals surface area contributed by atoms with E-state index in [1.54, 1.807) is 13.0 Å². The Morgan fingerprint density at radius 3 is 2.43 bits per heavy atom. The van der Waals surface area contributed by atoms with Gasteiger partial charge in [0.1, 0.15) is 0 Å². The lowest BCUT2D eigenvalue weighted by molar-refractivity contribution is -0.116. The molecule has 0 aliphatic rings. The molecular formula is C16H24N2O3. The fourth-order valence-corrected chi connectivity index (χ4v) is 2.24. The van der Waals surface area contributed by atoms with E-state index in [0.717, 1.165) is 6.42 Å². The Hall–Kier alpha value is -1.88. The van der Waals surface area contributed by atoms with Crippen LogP contribution in [0.15, 0.2) is 18.2 Å². The Bertz CT molecular complexity index is 533. The van der Waals surface area contributed by atoms with E-state index in [1.165, 1.54) is 12.1 Å². The molecule has 0 heterocycles. The maximum Gasteiger partial charge on any atom is 0.335 e. The summed E-state index contributed by atoms with van der Waals surface area (Å²) in [7, 11) is 0. The molecule has 1 atom stereocenters. The van der Waals surface area contributed by atoms with Crippen LogP contribution in [-0.4, -0.2) is 23.0 Å². The summed E-state index contributed by atoms with van der Waals surface area (Å²) in [6.07, 6.45) is 1.01. The van der Waals surface area contributed by atoms with E-state index in [4.69, 9.17) is 10.8 Å². The molecule has 5 nitrogen and oxygen atoms in total. The molecule has 0 fully saturated rings. The normalized spacial score (nSPS) is 12.8. The summed E-state index contributed by atoms with van der Waals surface area (Å²) in [5.41, 5.74) is 7.60. The third kappa shape index (κ3) is 5.95. The minimum absolute atomic E-state index is 0.0821. The molecule has 4 N–H and O–H groups in total. The lowest BCUT2D eigenvalue weighted by atomic mass is 9.87. The standard InChI is InChI=1S/C16H24N2O3/c1-10-7-11(15(20)21)5-6-13(10)18-14(19)8-12(17)9-16(2,3)4/h5-7,12H,8-9,17H2,1-4H3,(H,18,19)(H,20,21). The minimum atomic E-state index is -0.983. The van der Waals surface area contributed by atoms with Gasteiger partial charge in [-0.3, -0.25) is 4.79 Å². The number of hydrogen-bond acceptors (Lipinski definition) is 3.